The van der Waals surface area contributed by atoms with E-state index in [-0.39, 0.29) is 18.4 Å². The molecule has 0 amide bonds. The Morgan fingerprint density at radius 3 is 2.68 bits per heavy atom. The van der Waals surface area contributed by atoms with Gasteiger partial charge in [-0.1, -0.05) is 6.07 Å². The minimum atomic E-state index is -0.499. The highest BCUT2D eigenvalue weighted by Crippen LogP contribution is 2.19. The summed E-state index contributed by atoms with van der Waals surface area (Å²) in [5, 5.41) is 0. The SMILES string of the molecule is CC(C)(C)OC(=O)Cc1cc(C(N)c2cccnc2)ccn1. The topological polar surface area (TPSA) is 78.1 Å². The summed E-state index contributed by atoms with van der Waals surface area (Å²) in [5.74, 6) is -0.299. The first kappa shape index (κ1) is 16.1. The fourth-order valence-corrected chi connectivity index (χ4v) is 2.06. The number of pyridine rings is 2. The molecule has 0 aliphatic rings. The second kappa shape index (κ2) is 6.66. The summed E-state index contributed by atoms with van der Waals surface area (Å²) in [4.78, 5) is 20.2. The first-order valence-electron chi connectivity index (χ1n) is 7.17. The van der Waals surface area contributed by atoms with Crippen LogP contribution in [0.2, 0.25) is 0 Å². The van der Waals surface area contributed by atoms with Gasteiger partial charge in [-0.05, 0) is 50.1 Å². The second-order valence-corrected chi connectivity index (χ2v) is 6.11. The molecule has 0 fully saturated rings. The molecule has 0 bridgehead atoms. The zero-order chi connectivity index (χ0) is 16.2. The smallest absolute Gasteiger partial charge is 0.312 e. The summed E-state index contributed by atoms with van der Waals surface area (Å²) in [6, 6.07) is 7.15. The Bertz CT molecular complexity index is 636. The minimum Gasteiger partial charge on any atom is -0.460 e. The number of rotatable bonds is 4. The van der Waals surface area contributed by atoms with Crippen LogP contribution >= 0.6 is 0 Å². The van der Waals surface area contributed by atoms with Gasteiger partial charge in [-0.2, -0.15) is 0 Å². The van der Waals surface area contributed by atoms with Crippen molar-refractivity contribution in [3.8, 4) is 0 Å². The van der Waals surface area contributed by atoms with Crippen LogP contribution in [0.5, 0.6) is 0 Å². The quantitative estimate of drug-likeness (QED) is 0.877. The molecule has 1 unspecified atom stereocenters. The van der Waals surface area contributed by atoms with E-state index >= 15 is 0 Å². The normalized spacial score (nSPS) is 12.7. The number of hydrogen-bond acceptors (Lipinski definition) is 5. The third-order valence-corrected chi connectivity index (χ3v) is 2.99. The van der Waals surface area contributed by atoms with Gasteiger partial charge in [-0.15, -0.1) is 0 Å². The fraction of sp³-hybridized carbons (Fsp3) is 0.353. The Balaban J connectivity index is 2.12. The molecular formula is C17H21N3O2. The molecule has 0 radical (unpaired) electrons. The molecular weight excluding hydrogens is 278 g/mol. The van der Waals surface area contributed by atoms with Gasteiger partial charge < -0.3 is 10.5 Å². The maximum atomic E-state index is 11.9. The molecule has 5 heteroatoms. The molecule has 2 aromatic heterocycles. The molecule has 0 aliphatic carbocycles. The van der Waals surface area contributed by atoms with Crippen molar-refractivity contribution >= 4 is 5.97 Å². The Hall–Kier alpha value is -2.27. The van der Waals surface area contributed by atoms with Gasteiger partial charge in [-0.3, -0.25) is 14.8 Å². The van der Waals surface area contributed by atoms with Crippen molar-refractivity contribution in [1.82, 2.24) is 9.97 Å². The Kier molecular flexibility index (Phi) is 4.88. The van der Waals surface area contributed by atoms with E-state index in [1.165, 1.54) is 0 Å². The van der Waals surface area contributed by atoms with Crippen molar-refractivity contribution in [1.29, 1.82) is 0 Å². The van der Waals surface area contributed by atoms with Gasteiger partial charge in [0.2, 0.25) is 0 Å². The van der Waals surface area contributed by atoms with Gasteiger partial charge in [-0.25, -0.2) is 0 Å². The van der Waals surface area contributed by atoms with Gasteiger partial charge in [0, 0.05) is 18.6 Å². The third-order valence-electron chi connectivity index (χ3n) is 2.99. The summed E-state index contributed by atoms with van der Waals surface area (Å²) >= 11 is 0. The number of hydrogen-bond donors (Lipinski definition) is 1. The Morgan fingerprint density at radius 1 is 1.27 bits per heavy atom. The number of ether oxygens (including phenoxy) is 1. The molecule has 0 spiro atoms. The van der Waals surface area contributed by atoms with Crippen LogP contribution in [0.3, 0.4) is 0 Å². The van der Waals surface area contributed by atoms with Crippen molar-refractivity contribution in [2.45, 2.75) is 38.8 Å². The maximum absolute atomic E-state index is 11.9. The number of aromatic nitrogens is 2. The molecule has 0 saturated carbocycles. The highest BCUT2D eigenvalue weighted by atomic mass is 16.6. The highest BCUT2D eigenvalue weighted by Gasteiger charge is 2.17. The summed E-state index contributed by atoms with van der Waals surface area (Å²) < 4.78 is 5.31. The highest BCUT2D eigenvalue weighted by molar-refractivity contribution is 5.72. The molecule has 0 saturated heterocycles. The van der Waals surface area contributed by atoms with Crippen molar-refractivity contribution in [3.05, 3.63) is 59.7 Å². The number of nitrogens with zero attached hydrogens (tertiary/aromatic N) is 2. The van der Waals surface area contributed by atoms with Crippen LogP contribution in [0.4, 0.5) is 0 Å². The van der Waals surface area contributed by atoms with Crippen molar-refractivity contribution in [2.75, 3.05) is 0 Å². The first-order chi connectivity index (χ1) is 10.3. The predicted molar refractivity (Wildman–Crippen MR) is 84.1 cm³/mol. The lowest BCUT2D eigenvalue weighted by molar-refractivity contribution is -0.153. The molecule has 2 aromatic rings. The van der Waals surface area contributed by atoms with E-state index in [4.69, 9.17) is 10.5 Å². The van der Waals surface area contributed by atoms with Crippen molar-refractivity contribution in [3.63, 3.8) is 0 Å². The average molecular weight is 299 g/mol. The van der Waals surface area contributed by atoms with Crippen LogP contribution in [0.15, 0.2) is 42.9 Å². The fourth-order valence-electron chi connectivity index (χ4n) is 2.06. The number of carbonyl (C=O) groups excluding carboxylic acids is 1. The summed E-state index contributed by atoms with van der Waals surface area (Å²) in [6.45, 7) is 5.52. The Labute approximate surface area is 130 Å². The maximum Gasteiger partial charge on any atom is 0.312 e. The van der Waals surface area contributed by atoms with Crippen LogP contribution in [0, 0.1) is 0 Å². The average Bonchev–Trinajstić information content (AvgIpc) is 2.45. The van der Waals surface area contributed by atoms with Crippen LogP contribution < -0.4 is 5.73 Å². The van der Waals surface area contributed by atoms with Crippen LogP contribution in [-0.2, 0) is 16.0 Å². The van der Waals surface area contributed by atoms with Crippen LogP contribution in [0.1, 0.15) is 43.6 Å². The van der Waals surface area contributed by atoms with E-state index in [0.717, 1.165) is 11.1 Å². The van der Waals surface area contributed by atoms with E-state index < -0.39 is 5.60 Å². The summed E-state index contributed by atoms with van der Waals surface area (Å²) in [5.41, 5.74) is 8.18. The molecule has 2 rings (SSSR count). The third kappa shape index (κ3) is 4.63. The van der Waals surface area contributed by atoms with Crippen molar-refractivity contribution < 1.29 is 9.53 Å². The van der Waals surface area contributed by atoms with Crippen LogP contribution in [0.25, 0.3) is 0 Å². The first-order valence-corrected chi connectivity index (χ1v) is 7.17. The molecule has 5 nitrogen and oxygen atoms in total. The zero-order valence-electron chi connectivity index (χ0n) is 13.1. The molecule has 116 valence electrons. The lowest BCUT2D eigenvalue weighted by Crippen LogP contribution is -2.25. The second-order valence-electron chi connectivity index (χ2n) is 6.11. The van der Waals surface area contributed by atoms with Crippen molar-refractivity contribution in [2.24, 2.45) is 5.73 Å². The largest absolute Gasteiger partial charge is 0.460 e. The lowest BCUT2D eigenvalue weighted by Gasteiger charge is -2.19. The van der Waals surface area contributed by atoms with E-state index in [9.17, 15) is 4.79 Å². The van der Waals surface area contributed by atoms with E-state index in [2.05, 4.69) is 9.97 Å². The molecule has 0 aromatic carbocycles. The number of nitrogens with two attached hydrogens (primary N) is 1. The van der Waals surface area contributed by atoms with Crippen LogP contribution in [-0.4, -0.2) is 21.5 Å². The van der Waals surface area contributed by atoms with E-state index in [1.807, 2.05) is 45.0 Å². The summed E-state index contributed by atoms with van der Waals surface area (Å²) in [7, 11) is 0. The van der Waals surface area contributed by atoms with Gasteiger partial charge >= 0.3 is 5.97 Å². The van der Waals surface area contributed by atoms with Gasteiger partial charge in [0.1, 0.15) is 5.60 Å². The van der Waals surface area contributed by atoms with E-state index in [1.54, 1.807) is 18.6 Å². The standard InChI is InChI=1S/C17H21N3O2/c1-17(2,3)22-15(21)10-14-9-12(6-8-20-14)16(18)13-5-4-7-19-11-13/h4-9,11,16H,10,18H2,1-3H3. The molecule has 0 aliphatic heterocycles. The molecule has 2 heterocycles. The van der Waals surface area contributed by atoms with Gasteiger partial charge in [0.15, 0.2) is 0 Å². The molecule has 2 N–H and O–H groups in total. The van der Waals surface area contributed by atoms with E-state index in [0.29, 0.717) is 5.69 Å². The predicted octanol–water partition coefficient (Wildman–Crippen LogP) is 2.41. The summed E-state index contributed by atoms with van der Waals surface area (Å²) in [6.07, 6.45) is 5.23. The Morgan fingerprint density at radius 2 is 2.05 bits per heavy atom. The molecule has 1 atom stereocenters. The lowest BCUT2D eigenvalue weighted by atomic mass is 10.0. The zero-order valence-corrected chi connectivity index (χ0v) is 13.1. The molecule has 22 heavy (non-hydrogen) atoms. The number of esters is 1. The minimum absolute atomic E-state index is 0.130. The van der Waals surface area contributed by atoms with Gasteiger partial charge in [0.05, 0.1) is 18.2 Å². The monoisotopic (exact) mass is 299 g/mol. The van der Waals surface area contributed by atoms with Gasteiger partial charge in [0.25, 0.3) is 0 Å². The number of carbonyl (C=O) groups is 1.